The molecule has 1 aromatic carbocycles. The molecule has 1 unspecified atom stereocenters. The maximum Gasteiger partial charge on any atom is 0.407 e. The molecule has 0 radical (unpaired) electrons. The molecule has 0 spiro atoms. The topological polar surface area (TPSA) is 255 Å². The van der Waals surface area contributed by atoms with E-state index in [4.69, 9.17) is 14.2 Å². The van der Waals surface area contributed by atoms with Crippen LogP contribution in [0.2, 0.25) is 0 Å². The fraction of sp³-hybridized carbons (Fsp3) is 0.768. The first-order valence-corrected chi connectivity index (χ1v) is 28.2. The zero-order chi connectivity index (χ0) is 54.8. The fourth-order valence-electron chi connectivity index (χ4n) is 10.7. The summed E-state index contributed by atoms with van der Waals surface area (Å²) < 4.78 is 16.6. The van der Waals surface area contributed by atoms with E-state index in [0.717, 1.165) is 55.9 Å². The van der Waals surface area contributed by atoms with E-state index >= 15 is 0 Å². The minimum absolute atomic E-state index is 0.0504. The fourth-order valence-corrected chi connectivity index (χ4v) is 10.7. The number of carbonyl (C=O) groups excluding carboxylic acids is 7. The van der Waals surface area contributed by atoms with Crippen molar-refractivity contribution in [2.75, 3.05) is 53.0 Å². The number of hydrogen-bond donors (Lipinski definition) is 8. The lowest BCUT2D eigenvalue weighted by molar-refractivity contribution is -0.143. The number of fused-ring (bicyclic) bond motifs is 2. The molecule has 7 amide bonds. The first-order chi connectivity index (χ1) is 35.9. The minimum atomic E-state index is -1.46. The second-order valence-electron chi connectivity index (χ2n) is 22.5. The van der Waals surface area contributed by atoms with Gasteiger partial charge in [0.2, 0.25) is 29.5 Å². The standard InChI is InChI=1S/C56H94N8O11/c1-8-18-47(64(7)53(70)38(2)23-24-41-31-42-25-26-43(32-41)33-42)51(68)63-48(44-21-14-9-10-15-22-44)52(69)61-45(34-59-54(71)74-36-40-19-12-11-13-20-40)49(66)62-46(50(67)60-39(3)35-65)37-73-30-17-28-57-27-16-29-58-55(72)75-56(4,5)6/h11-13,19-20,38-39,41-48,57,65H,8-10,14-18,21-37H2,1-7H3,(H,58,72)(H,59,71)(H,60,67)(H,61,69)(H,62,66)(H,63,68)/t38-,39-,41?,42-,43+,45+,46+,47+,48+/m1/s1. The van der Waals surface area contributed by atoms with E-state index in [9.17, 15) is 38.7 Å². The van der Waals surface area contributed by atoms with Gasteiger partial charge >= 0.3 is 12.2 Å². The Kier molecular flexibility index (Phi) is 27.7. The Morgan fingerprint density at radius 2 is 1.39 bits per heavy atom. The van der Waals surface area contributed by atoms with E-state index in [-0.39, 0.29) is 44.2 Å². The summed E-state index contributed by atoms with van der Waals surface area (Å²) >= 11 is 0. The number of ether oxygens (including phenoxy) is 3. The average molecular weight is 1060 g/mol. The van der Waals surface area contributed by atoms with E-state index in [2.05, 4.69) is 37.2 Å². The molecule has 0 saturated heterocycles. The van der Waals surface area contributed by atoms with Crippen LogP contribution < -0.4 is 37.2 Å². The zero-order valence-corrected chi connectivity index (χ0v) is 46.3. The van der Waals surface area contributed by atoms with Gasteiger partial charge in [-0.3, -0.25) is 24.0 Å². The quantitative estimate of drug-likeness (QED) is 0.0334. The third-order valence-electron chi connectivity index (χ3n) is 14.8. The van der Waals surface area contributed by atoms with Crippen molar-refractivity contribution in [3.63, 3.8) is 0 Å². The third-order valence-corrected chi connectivity index (χ3v) is 14.8. The second kappa shape index (κ2) is 33.2. The highest BCUT2D eigenvalue weighted by molar-refractivity contribution is 5.96. The highest BCUT2D eigenvalue weighted by Gasteiger charge is 2.39. The first-order valence-electron chi connectivity index (χ1n) is 28.2. The molecule has 4 rings (SSSR count). The molecule has 19 heteroatoms. The number of likely N-dealkylation sites (N-methyl/N-ethyl adjacent to an activating group) is 1. The molecular formula is C56H94N8O11. The monoisotopic (exact) mass is 1050 g/mol. The largest absolute Gasteiger partial charge is 0.445 e. The molecule has 75 heavy (non-hydrogen) atoms. The lowest BCUT2D eigenvalue weighted by Gasteiger charge is -2.34. The SMILES string of the molecule is CCC[C@@H](C(=O)N[C@H](C(=O)N[C@@H](CNC(=O)OCc1ccccc1)C(=O)N[C@@H](COCCCNCCCNC(=O)OC(C)(C)C)C(=O)N[C@H](C)CO)C1CCCCCC1)N(C)C(=O)[C@H](C)CCC1C[C@H]2CC[C@@H](C1)C2. The van der Waals surface area contributed by atoms with Gasteiger partial charge in [0.15, 0.2) is 0 Å². The van der Waals surface area contributed by atoms with E-state index in [1.54, 1.807) is 51.8 Å². The number of alkyl carbamates (subject to hydrolysis) is 2. The first kappa shape index (κ1) is 62.5. The minimum Gasteiger partial charge on any atom is -0.445 e. The Balaban J connectivity index is 1.46. The zero-order valence-electron chi connectivity index (χ0n) is 46.3. The molecule has 424 valence electrons. The summed E-state index contributed by atoms with van der Waals surface area (Å²) in [5.74, 6) is -0.943. The van der Waals surface area contributed by atoms with Crippen molar-refractivity contribution in [3.05, 3.63) is 35.9 Å². The van der Waals surface area contributed by atoms with Gasteiger partial charge in [0.1, 0.15) is 36.4 Å². The van der Waals surface area contributed by atoms with Crippen LogP contribution in [0.1, 0.15) is 156 Å². The summed E-state index contributed by atoms with van der Waals surface area (Å²) in [6.45, 7) is 11.6. The van der Waals surface area contributed by atoms with Crippen LogP contribution >= 0.6 is 0 Å². The summed E-state index contributed by atoms with van der Waals surface area (Å²) in [7, 11) is 1.68. The Labute approximate surface area is 447 Å². The van der Waals surface area contributed by atoms with Crippen molar-refractivity contribution in [2.45, 2.75) is 193 Å². The number of nitrogens with zero attached hydrogens (tertiary/aromatic N) is 1. The molecule has 8 N–H and O–H groups in total. The number of rotatable bonds is 31. The predicted molar refractivity (Wildman–Crippen MR) is 287 cm³/mol. The van der Waals surface area contributed by atoms with Gasteiger partial charge in [-0.15, -0.1) is 0 Å². The number of aliphatic hydroxyl groups is 1. The molecule has 0 aliphatic heterocycles. The van der Waals surface area contributed by atoms with E-state index < -0.39 is 78.2 Å². The summed E-state index contributed by atoms with van der Waals surface area (Å²) in [5.41, 5.74) is 0.153. The van der Waals surface area contributed by atoms with Crippen LogP contribution in [0.3, 0.4) is 0 Å². The van der Waals surface area contributed by atoms with Gasteiger partial charge in [-0.25, -0.2) is 9.59 Å². The molecule has 0 aromatic heterocycles. The van der Waals surface area contributed by atoms with Gasteiger partial charge in [0.05, 0.1) is 19.8 Å². The van der Waals surface area contributed by atoms with Gasteiger partial charge in [-0.1, -0.05) is 89.1 Å². The van der Waals surface area contributed by atoms with E-state index in [1.165, 1.54) is 32.1 Å². The lowest BCUT2D eigenvalue weighted by Crippen LogP contribution is -2.62. The predicted octanol–water partition coefficient (Wildman–Crippen LogP) is 5.62. The summed E-state index contributed by atoms with van der Waals surface area (Å²) in [4.78, 5) is 98.0. The number of amides is 7. The van der Waals surface area contributed by atoms with Gasteiger partial charge in [-0.2, -0.15) is 0 Å². The maximum atomic E-state index is 14.8. The van der Waals surface area contributed by atoms with Gasteiger partial charge in [0, 0.05) is 32.2 Å². The van der Waals surface area contributed by atoms with Gasteiger partial charge in [0.25, 0.3) is 0 Å². The van der Waals surface area contributed by atoms with Crippen molar-refractivity contribution in [1.82, 2.24) is 42.1 Å². The average Bonchev–Trinajstić information content (AvgIpc) is 3.52. The van der Waals surface area contributed by atoms with Crippen LogP contribution in [0.25, 0.3) is 0 Å². The number of benzene rings is 1. The summed E-state index contributed by atoms with van der Waals surface area (Å²) in [6.07, 6.45) is 14.0. The molecule has 3 aliphatic rings. The van der Waals surface area contributed by atoms with Gasteiger partial charge < -0.3 is 61.4 Å². The molecular weight excluding hydrogens is 961 g/mol. The Hall–Kier alpha value is -5.01. The van der Waals surface area contributed by atoms with Crippen LogP contribution in [-0.2, 0) is 44.8 Å². The highest BCUT2D eigenvalue weighted by atomic mass is 16.6. The number of carbonyl (C=O) groups is 7. The highest BCUT2D eigenvalue weighted by Crippen LogP contribution is 2.46. The summed E-state index contributed by atoms with van der Waals surface area (Å²) in [6, 6.07) is 3.74. The maximum absolute atomic E-state index is 14.8. The van der Waals surface area contributed by atoms with Crippen LogP contribution in [-0.4, -0.2) is 141 Å². The van der Waals surface area contributed by atoms with Crippen molar-refractivity contribution in [2.24, 2.45) is 29.6 Å². The summed E-state index contributed by atoms with van der Waals surface area (Å²) in [5, 5.41) is 29.6. The molecule has 9 atom stereocenters. The number of aliphatic hydroxyl groups excluding tert-OH is 1. The molecule has 19 nitrogen and oxygen atoms in total. The molecule has 2 bridgehead atoms. The van der Waals surface area contributed by atoms with E-state index in [1.807, 2.05) is 32.0 Å². The molecule has 3 fully saturated rings. The Morgan fingerprint density at radius 1 is 0.733 bits per heavy atom. The van der Waals surface area contributed by atoms with Crippen LogP contribution in [0.15, 0.2) is 30.3 Å². The number of nitrogens with one attached hydrogen (secondary N) is 7. The number of hydrogen-bond acceptors (Lipinski definition) is 12. The van der Waals surface area contributed by atoms with Crippen molar-refractivity contribution in [3.8, 4) is 0 Å². The lowest BCUT2D eigenvalue weighted by atomic mass is 9.78. The van der Waals surface area contributed by atoms with Crippen LogP contribution in [0.5, 0.6) is 0 Å². The van der Waals surface area contributed by atoms with Crippen molar-refractivity contribution >= 4 is 41.7 Å². The Bertz CT molecular complexity index is 1900. The van der Waals surface area contributed by atoms with Crippen LogP contribution in [0.4, 0.5) is 9.59 Å². The van der Waals surface area contributed by atoms with Crippen LogP contribution in [0, 0.1) is 29.6 Å². The van der Waals surface area contributed by atoms with Crippen molar-refractivity contribution in [1.29, 1.82) is 0 Å². The van der Waals surface area contributed by atoms with Gasteiger partial charge in [-0.05, 0) is 134 Å². The molecule has 3 aliphatic carbocycles. The van der Waals surface area contributed by atoms with E-state index in [0.29, 0.717) is 64.1 Å². The smallest absolute Gasteiger partial charge is 0.407 e. The molecule has 3 saturated carbocycles. The second-order valence-corrected chi connectivity index (χ2v) is 22.5. The molecule has 1 aromatic rings. The normalized spacial score (nSPS) is 20.1. The molecule has 0 heterocycles. The third kappa shape index (κ3) is 23.4. The Morgan fingerprint density at radius 3 is 2.04 bits per heavy atom. The van der Waals surface area contributed by atoms with Crippen molar-refractivity contribution < 1.29 is 52.9 Å².